The second-order valence-corrected chi connectivity index (χ2v) is 6.64. The van der Waals surface area contributed by atoms with Crippen LogP contribution in [-0.4, -0.2) is 39.1 Å². The highest BCUT2D eigenvalue weighted by molar-refractivity contribution is 7.22. The number of carboxylic acids is 1. The van der Waals surface area contributed by atoms with Crippen LogP contribution in [0.15, 0.2) is 24.4 Å². The van der Waals surface area contributed by atoms with Crippen molar-refractivity contribution in [3.05, 3.63) is 35.7 Å². The van der Waals surface area contributed by atoms with Crippen molar-refractivity contribution in [2.24, 2.45) is 0 Å². The van der Waals surface area contributed by atoms with Crippen molar-refractivity contribution in [3.8, 4) is 5.75 Å². The molecule has 2 aromatic heterocycles. The number of nitrogens with zero attached hydrogens (tertiary/aromatic N) is 3. The van der Waals surface area contributed by atoms with Gasteiger partial charge in [-0.2, -0.15) is 18.3 Å². The van der Waals surface area contributed by atoms with Gasteiger partial charge in [0.05, 0.1) is 23.0 Å². The summed E-state index contributed by atoms with van der Waals surface area (Å²) < 4.78 is 40.1. The number of fused-ring (bicyclic) bond motifs is 1. The Morgan fingerprint density at radius 1 is 1.39 bits per heavy atom. The van der Waals surface area contributed by atoms with Crippen molar-refractivity contribution in [1.82, 2.24) is 14.8 Å². The summed E-state index contributed by atoms with van der Waals surface area (Å²) in [5.41, 5.74) is 3.25. The molecule has 0 unspecified atom stereocenters. The summed E-state index contributed by atoms with van der Waals surface area (Å²) in [5, 5.41) is 15.9. The van der Waals surface area contributed by atoms with E-state index in [2.05, 4.69) is 28.5 Å². The number of ether oxygens (including phenoxy) is 1. The van der Waals surface area contributed by atoms with Gasteiger partial charge in [-0.25, -0.2) is 9.78 Å². The Morgan fingerprint density at radius 3 is 2.61 bits per heavy atom. The van der Waals surface area contributed by atoms with Crippen molar-refractivity contribution in [2.75, 3.05) is 12.4 Å². The first-order chi connectivity index (χ1) is 13.1. The molecule has 0 radical (unpaired) electrons. The van der Waals surface area contributed by atoms with Gasteiger partial charge in [0.2, 0.25) is 0 Å². The number of alkyl halides is 3. The van der Waals surface area contributed by atoms with E-state index in [0.29, 0.717) is 0 Å². The molecule has 0 saturated heterocycles. The molecule has 7 nitrogen and oxygen atoms in total. The molecule has 0 spiro atoms. The van der Waals surface area contributed by atoms with E-state index in [0.717, 1.165) is 39.9 Å². The third-order valence-corrected chi connectivity index (χ3v) is 4.62. The number of thiazole rings is 1. The molecule has 2 N–H and O–H groups in total. The fraction of sp³-hybridized carbons (Fsp3) is 0.353. The van der Waals surface area contributed by atoms with Crippen LogP contribution < -0.4 is 10.1 Å². The number of aryl methyl sites for hydroxylation is 2. The molecule has 0 fully saturated rings. The molecule has 152 valence electrons. The van der Waals surface area contributed by atoms with Gasteiger partial charge in [-0.05, 0) is 32.0 Å². The number of methoxy groups -OCH3 is 1. The highest BCUT2D eigenvalue weighted by Gasteiger charge is 2.38. The highest BCUT2D eigenvalue weighted by Crippen LogP contribution is 2.29. The molecule has 11 heteroatoms. The molecule has 0 bridgehead atoms. The number of rotatable bonds is 5. The van der Waals surface area contributed by atoms with Crippen LogP contribution in [0, 0.1) is 6.92 Å². The van der Waals surface area contributed by atoms with Gasteiger partial charge in [0.25, 0.3) is 0 Å². The molecule has 0 aliphatic carbocycles. The maximum Gasteiger partial charge on any atom is 0.490 e. The third kappa shape index (κ3) is 5.59. The van der Waals surface area contributed by atoms with Crippen LogP contribution in [0.3, 0.4) is 0 Å². The largest absolute Gasteiger partial charge is 0.497 e. The molecular weight excluding hydrogens is 397 g/mol. The number of hydrogen-bond acceptors (Lipinski definition) is 6. The second kappa shape index (κ2) is 8.91. The Balaban J connectivity index is 0.000000345. The van der Waals surface area contributed by atoms with Crippen LogP contribution in [0.2, 0.25) is 0 Å². The smallest absolute Gasteiger partial charge is 0.490 e. The van der Waals surface area contributed by atoms with Gasteiger partial charge in [0.1, 0.15) is 5.75 Å². The first-order valence-electron chi connectivity index (χ1n) is 8.15. The maximum atomic E-state index is 10.6. The Bertz CT molecular complexity index is 953. The number of hydrogen-bond donors (Lipinski definition) is 2. The quantitative estimate of drug-likeness (QED) is 0.652. The number of nitrogens with one attached hydrogen (secondary N) is 1. The van der Waals surface area contributed by atoms with E-state index in [1.165, 1.54) is 5.56 Å². The van der Waals surface area contributed by atoms with Gasteiger partial charge in [-0.15, -0.1) is 0 Å². The number of halogens is 3. The molecular formula is C17H19F3N4O3S. The summed E-state index contributed by atoms with van der Waals surface area (Å²) in [5.74, 6) is -1.90. The average molecular weight is 416 g/mol. The van der Waals surface area contributed by atoms with Crippen molar-refractivity contribution in [3.63, 3.8) is 0 Å². The lowest BCUT2D eigenvalue weighted by molar-refractivity contribution is -0.192. The van der Waals surface area contributed by atoms with Gasteiger partial charge in [0.15, 0.2) is 5.13 Å². The van der Waals surface area contributed by atoms with Gasteiger partial charge in [0, 0.05) is 24.8 Å². The Labute approximate surface area is 162 Å². The van der Waals surface area contributed by atoms with Gasteiger partial charge in [-0.1, -0.05) is 11.3 Å². The van der Waals surface area contributed by atoms with Crippen molar-refractivity contribution in [2.45, 2.75) is 33.1 Å². The lowest BCUT2D eigenvalue weighted by Gasteiger charge is -2.00. The third-order valence-electron chi connectivity index (χ3n) is 3.64. The molecule has 0 atom stereocenters. The lowest BCUT2D eigenvalue weighted by atomic mass is 10.3. The van der Waals surface area contributed by atoms with Crippen molar-refractivity contribution in [1.29, 1.82) is 0 Å². The number of benzene rings is 1. The van der Waals surface area contributed by atoms with E-state index in [9.17, 15) is 13.2 Å². The van der Waals surface area contributed by atoms with Crippen molar-refractivity contribution < 1.29 is 27.8 Å². The second-order valence-electron chi connectivity index (χ2n) is 5.60. The molecule has 28 heavy (non-hydrogen) atoms. The summed E-state index contributed by atoms with van der Waals surface area (Å²) >= 11 is 1.64. The average Bonchev–Trinajstić information content (AvgIpc) is 3.21. The topological polar surface area (TPSA) is 89.3 Å². The number of anilines is 1. The van der Waals surface area contributed by atoms with E-state index in [4.69, 9.17) is 14.6 Å². The molecule has 2 heterocycles. The molecule has 3 rings (SSSR count). The van der Waals surface area contributed by atoms with Crippen LogP contribution in [0.4, 0.5) is 18.3 Å². The number of aliphatic carboxylic acids is 1. The van der Waals surface area contributed by atoms with E-state index in [1.54, 1.807) is 18.4 Å². The molecule has 0 saturated carbocycles. The summed E-state index contributed by atoms with van der Waals surface area (Å²) in [6.07, 6.45) is -3.00. The van der Waals surface area contributed by atoms with Gasteiger partial charge < -0.3 is 15.2 Å². The highest BCUT2D eigenvalue weighted by atomic mass is 32.1. The van der Waals surface area contributed by atoms with E-state index in [1.807, 2.05) is 29.8 Å². The summed E-state index contributed by atoms with van der Waals surface area (Å²) in [6, 6.07) is 5.93. The monoisotopic (exact) mass is 416 g/mol. The minimum Gasteiger partial charge on any atom is -0.497 e. The molecule has 0 amide bonds. The number of carboxylic acid groups (broad SMARTS) is 1. The normalized spacial score (nSPS) is 11.1. The lowest BCUT2D eigenvalue weighted by Crippen LogP contribution is -2.21. The Hall–Kier alpha value is -2.82. The Kier molecular flexibility index (Phi) is 6.84. The fourth-order valence-electron chi connectivity index (χ4n) is 2.17. The van der Waals surface area contributed by atoms with E-state index < -0.39 is 12.1 Å². The fourth-order valence-corrected chi connectivity index (χ4v) is 3.06. The number of aromatic nitrogens is 3. The number of carbonyl (C=O) groups is 1. The molecule has 0 aliphatic heterocycles. The van der Waals surface area contributed by atoms with Crippen molar-refractivity contribution >= 4 is 32.7 Å². The van der Waals surface area contributed by atoms with E-state index in [-0.39, 0.29) is 0 Å². The molecule has 3 aromatic rings. The van der Waals surface area contributed by atoms with Crippen LogP contribution in [-0.2, 0) is 17.9 Å². The first kappa shape index (κ1) is 21.5. The zero-order valence-electron chi connectivity index (χ0n) is 15.4. The zero-order valence-corrected chi connectivity index (χ0v) is 16.2. The maximum absolute atomic E-state index is 10.6. The Morgan fingerprint density at radius 2 is 2.07 bits per heavy atom. The minimum atomic E-state index is -5.08. The molecule has 0 aliphatic rings. The standard InChI is InChI=1S/C15H18N4OS.C2HF3O2/c1-4-19-9-11(10(2)18-19)8-16-15-17-13-6-5-12(20-3)7-14(13)21-15;3-2(4,5)1(6)7/h5-7,9H,4,8H2,1-3H3,(H,16,17);(H,6,7). The predicted molar refractivity (Wildman–Crippen MR) is 99.8 cm³/mol. The predicted octanol–water partition coefficient (Wildman–Crippen LogP) is 4.08. The van der Waals surface area contributed by atoms with Gasteiger partial charge >= 0.3 is 12.1 Å². The summed E-state index contributed by atoms with van der Waals surface area (Å²) in [4.78, 5) is 13.5. The zero-order chi connectivity index (χ0) is 20.9. The molecule has 1 aromatic carbocycles. The van der Waals surface area contributed by atoms with Crippen LogP contribution in [0.1, 0.15) is 18.2 Å². The van der Waals surface area contributed by atoms with Gasteiger partial charge in [-0.3, -0.25) is 4.68 Å². The van der Waals surface area contributed by atoms with Crippen LogP contribution in [0.25, 0.3) is 10.2 Å². The summed E-state index contributed by atoms with van der Waals surface area (Å²) in [7, 11) is 1.68. The first-order valence-corrected chi connectivity index (χ1v) is 8.97. The van der Waals surface area contributed by atoms with Crippen LogP contribution in [0.5, 0.6) is 5.75 Å². The van der Waals surface area contributed by atoms with Crippen LogP contribution >= 0.6 is 11.3 Å². The SMILES string of the molecule is CCn1cc(CNc2nc3ccc(OC)cc3s2)c(C)n1.O=C(O)C(F)(F)F. The van der Waals surface area contributed by atoms with E-state index >= 15 is 0 Å². The minimum absolute atomic E-state index is 0.739. The summed E-state index contributed by atoms with van der Waals surface area (Å²) in [6.45, 7) is 5.75.